The molecule has 0 saturated carbocycles. The van der Waals surface area contributed by atoms with Crippen LogP contribution in [0, 0.1) is 5.82 Å². The molecule has 1 aromatic carbocycles. The van der Waals surface area contributed by atoms with Crippen LogP contribution in [0.2, 0.25) is 5.02 Å². The van der Waals surface area contributed by atoms with Crippen LogP contribution < -0.4 is 10.6 Å². The van der Waals surface area contributed by atoms with Crippen molar-refractivity contribution < 1.29 is 9.18 Å². The largest absolute Gasteiger partial charge is 0.352 e. The number of hydrogen-bond donors (Lipinski definition) is 2. The van der Waals surface area contributed by atoms with Crippen LogP contribution in [-0.2, 0) is 11.3 Å². The van der Waals surface area contributed by atoms with Crippen molar-refractivity contribution in [1.29, 1.82) is 0 Å². The highest BCUT2D eigenvalue weighted by atomic mass is 35.5. The van der Waals surface area contributed by atoms with E-state index in [4.69, 9.17) is 11.6 Å². The van der Waals surface area contributed by atoms with Gasteiger partial charge in [0.25, 0.3) is 0 Å². The second-order valence-electron chi connectivity index (χ2n) is 4.18. The normalized spacial score (nSPS) is 19.4. The van der Waals surface area contributed by atoms with E-state index in [1.54, 1.807) is 12.1 Å². The van der Waals surface area contributed by atoms with Gasteiger partial charge in [0.2, 0.25) is 5.91 Å². The number of benzene rings is 1. The molecule has 0 aliphatic carbocycles. The van der Waals surface area contributed by atoms with E-state index in [-0.39, 0.29) is 17.0 Å². The lowest BCUT2D eigenvalue weighted by atomic mass is 10.2. The predicted octanol–water partition coefficient (Wildman–Crippen LogP) is 1.85. The highest BCUT2D eigenvalue weighted by Gasteiger charge is 2.19. The first-order valence-electron chi connectivity index (χ1n) is 5.59. The minimum atomic E-state index is -0.403. The zero-order valence-corrected chi connectivity index (χ0v) is 10.1. The number of nitrogens with one attached hydrogen (secondary N) is 2. The third kappa shape index (κ3) is 3.41. The van der Waals surface area contributed by atoms with E-state index < -0.39 is 5.82 Å². The summed E-state index contributed by atoms with van der Waals surface area (Å²) in [5, 5.41) is 6.19. The minimum Gasteiger partial charge on any atom is -0.352 e. The van der Waals surface area contributed by atoms with Gasteiger partial charge in [0, 0.05) is 25.6 Å². The first-order chi connectivity index (χ1) is 8.15. The molecule has 5 heteroatoms. The van der Waals surface area contributed by atoms with Crippen LogP contribution in [0.4, 0.5) is 4.39 Å². The van der Waals surface area contributed by atoms with Crippen molar-refractivity contribution in [1.82, 2.24) is 10.6 Å². The van der Waals surface area contributed by atoms with E-state index in [1.807, 2.05) is 0 Å². The van der Waals surface area contributed by atoms with Crippen molar-refractivity contribution in [3.63, 3.8) is 0 Å². The molecule has 1 aromatic rings. The van der Waals surface area contributed by atoms with Gasteiger partial charge >= 0.3 is 0 Å². The lowest BCUT2D eigenvalue weighted by Crippen LogP contribution is -2.35. The van der Waals surface area contributed by atoms with Gasteiger partial charge in [-0.3, -0.25) is 4.79 Å². The summed E-state index contributed by atoms with van der Waals surface area (Å²) < 4.78 is 13.1. The van der Waals surface area contributed by atoms with E-state index >= 15 is 0 Å². The molecular weight excluding hydrogens is 243 g/mol. The highest BCUT2D eigenvalue weighted by molar-refractivity contribution is 6.30. The number of halogens is 2. The lowest BCUT2D eigenvalue weighted by molar-refractivity contribution is -0.119. The summed E-state index contributed by atoms with van der Waals surface area (Å²) in [4.78, 5) is 11.0. The molecule has 2 N–H and O–H groups in total. The average molecular weight is 257 g/mol. The van der Waals surface area contributed by atoms with E-state index in [9.17, 15) is 9.18 Å². The maximum Gasteiger partial charge on any atom is 0.220 e. The molecule has 1 fully saturated rings. The third-order valence-electron chi connectivity index (χ3n) is 2.79. The monoisotopic (exact) mass is 256 g/mol. The van der Waals surface area contributed by atoms with Gasteiger partial charge in [-0.1, -0.05) is 17.7 Å². The van der Waals surface area contributed by atoms with Gasteiger partial charge in [-0.2, -0.15) is 0 Å². The molecular formula is C12H14ClFN2O. The number of hydrogen-bond acceptors (Lipinski definition) is 2. The summed E-state index contributed by atoms with van der Waals surface area (Å²) in [6.45, 7) is 1.27. The first-order valence-corrected chi connectivity index (χ1v) is 5.97. The number of amides is 1. The summed E-state index contributed by atoms with van der Waals surface area (Å²) in [7, 11) is 0. The fourth-order valence-corrected chi connectivity index (χ4v) is 1.99. The van der Waals surface area contributed by atoms with E-state index in [1.165, 1.54) is 6.07 Å². The van der Waals surface area contributed by atoms with Crippen molar-refractivity contribution >= 4 is 17.5 Å². The lowest BCUT2D eigenvalue weighted by Gasteiger charge is -2.11. The standard InChI is InChI=1S/C12H14ClFN2O/c13-10-3-1-8(5-11(10)14)6-15-7-9-2-4-12(17)16-9/h1,3,5,9,15H,2,4,6-7H2,(H,16,17). The molecule has 2 rings (SSSR count). The summed E-state index contributed by atoms with van der Waals surface area (Å²) >= 11 is 5.59. The van der Waals surface area contributed by atoms with Crippen LogP contribution in [0.1, 0.15) is 18.4 Å². The van der Waals surface area contributed by atoms with Crippen LogP contribution in [0.3, 0.4) is 0 Å². The van der Waals surface area contributed by atoms with Crippen molar-refractivity contribution in [3.05, 3.63) is 34.6 Å². The molecule has 1 aliphatic rings. The Morgan fingerprint density at radius 3 is 3.00 bits per heavy atom. The molecule has 1 amide bonds. The number of carbonyl (C=O) groups excluding carboxylic acids is 1. The molecule has 0 spiro atoms. The Balaban J connectivity index is 1.78. The van der Waals surface area contributed by atoms with Crippen LogP contribution in [0.25, 0.3) is 0 Å². The Morgan fingerprint density at radius 1 is 1.53 bits per heavy atom. The maximum atomic E-state index is 13.1. The van der Waals surface area contributed by atoms with Crippen LogP contribution >= 0.6 is 11.6 Å². The molecule has 1 unspecified atom stereocenters. The molecule has 1 aliphatic heterocycles. The van der Waals surface area contributed by atoms with Gasteiger partial charge in [-0.15, -0.1) is 0 Å². The summed E-state index contributed by atoms with van der Waals surface area (Å²) in [5.74, 6) is -0.297. The molecule has 1 atom stereocenters. The zero-order valence-electron chi connectivity index (χ0n) is 9.30. The van der Waals surface area contributed by atoms with Crippen molar-refractivity contribution in [3.8, 4) is 0 Å². The molecule has 0 bridgehead atoms. The highest BCUT2D eigenvalue weighted by Crippen LogP contribution is 2.15. The molecule has 1 heterocycles. The predicted molar refractivity (Wildman–Crippen MR) is 64.3 cm³/mol. The van der Waals surface area contributed by atoms with E-state index in [0.717, 1.165) is 12.0 Å². The fourth-order valence-electron chi connectivity index (χ4n) is 1.87. The van der Waals surface area contributed by atoms with Gasteiger partial charge < -0.3 is 10.6 Å². The molecule has 0 aromatic heterocycles. The van der Waals surface area contributed by atoms with Crippen LogP contribution in [0.15, 0.2) is 18.2 Å². The van der Waals surface area contributed by atoms with Crippen molar-refractivity contribution in [2.75, 3.05) is 6.54 Å². The first kappa shape index (κ1) is 12.3. The Kier molecular flexibility index (Phi) is 3.97. The smallest absolute Gasteiger partial charge is 0.220 e. The Bertz CT molecular complexity index is 425. The average Bonchev–Trinajstić information content (AvgIpc) is 2.70. The fraction of sp³-hybridized carbons (Fsp3) is 0.417. The van der Waals surface area contributed by atoms with Crippen molar-refractivity contribution in [2.24, 2.45) is 0 Å². The SMILES string of the molecule is O=C1CCC(CNCc2ccc(Cl)c(F)c2)N1. The minimum absolute atomic E-state index is 0.106. The molecule has 17 heavy (non-hydrogen) atoms. The van der Waals surface area contributed by atoms with Crippen molar-refractivity contribution in [2.45, 2.75) is 25.4 Å². The van der Waals surface area contributed by atoms with Crippen LogP contribution in [0.5, 0.6) is 0 Å². The second kappa shape index (κ2) is 5.47. The summed E-state index contributed by atoms with van der Waals surface area (Å²) in [6.07, 6.45) is 1.46. The summed E-state index contributed by atoms with van der Waals surface area (Å²) in [5.41, 5.74) is 0.844. The van der Waals surface area contributed by atoms with Gasteiger partial charge in [-0.25, -0.2) is 4.39 Å². The topological polar surface area (TPSA) is 41.1 Å². The second-order valence-corrected chi connectivity index (χ2v) is 4.59. The molecule has 0 radical (unpaired) electrons. The van der Waals surface area contributed by atoms with Gasteiger partial charge in [-0.05, 0) is 24.1 Å². The molecule has 92 valence electrons. The quantitative estimate of drug-likeness (QED) is 0.863. The Labute approximate surface area is 104 Å². The van der Waals surface area contributed by atoms with E-state index in [0.29, 0.717) is 19.5 Å². The Hall–Kier alpha value is -1.13. The van der Waals surface area contributed by atoms with Gasteiger partial charge in [0.05, 0.1) is 5.02 Å². The molecule has 1 saturated heterocycles. The number of carbonyl (C=O) groups is 1. The summed E-state index contributed by atoms with van der Waals surface area (Å²) in [6, 6.07) is 4.94. The zero-order chi connectivity index (χ0) is 12.3. The maximum absolute atomic E-state index is 13.1. The van der Waals surface area contributed by atoms with Crippen LogP contribution in [-0.4, -0.2) is 18.5 Å². The molecule has 3 nitrogen and oxygen atoms in total. The van der Waals surface area contributed by atoms with Gasteiger partial charge in [0.1, 0.15) is 5.82 Å². The number of rotatable bonds is 4. The Morgan fingerprint density at radius 2 is 2.35 bits per heavy atom. The third-order valence-corrected chi connectivity index (χ3v) is 3.10. The van der Waals surface area contributed by atoms with E-state index in [2.05, 4.69) is 10.6 Å². The van der Waals surface area contributed by atoms with Gasteiger partial charge in [0.15, 0.2) is 0 Å².